The van der Waals surface area contributed by atoms with E-state index in [1.54, 1.807) is 42.6 Å². The van der Waals surface area contributed by atoms with Crippen molar-refractivity contribution >= 4 is 52.4 Å². The lowest BCUT2D eigenvalue weighted by Crippen LogP contribution is -2.54. The second-order valence-electron chi connectivity index (χ2n) is 10.3. The molecule has 13 heteroatoms. The summed E-state index contributed by atoms with van der Waals surface area (Å²) < 4.78 is 29.6. The highest BCUT2D eigenvalue weighted by Gasteiger charge is 2.41. The summed E-state index contributed by atoms with van der Waals surface area (Å²) in [7, 11) is 0. The minimum absolute atomic E-state index is 0. The predicted molar refractivity (Wildman–Crippen MR) is 166 cm³/mol. The molecule has 0 radical (unpaired) electrons. The molecule has 9 nitrogen and oxygen atoms in total. The highest BCUT2D eigenvalue weighted by Crippen LogP contribution is 2.35. The quantitative estimate of drug-likeness (QED) is 0.264. The number of anilines is 2. The van der Waals surface area contributed by atoms with Crippen molar-refractivity contribution in [1.29, 1.82) is 0 Å². The van der Waals surface area contributed by atoms with Gasteiger partial charge in [0.2, 0.25) is 11.9 Å². The minimum atomic E-state index is -1.27. The van der Waals surface area contributed by atoms with Gasteiger partial charge < -0.3 is 21.7 Å². The topological polar surface area (TPSA) is 140 Å². The normalized spacial score (nSPS) is 17.1. The molecule has 6 rings (SSSR count). The van der Waals surface area contributed by atoms with Crippen molar-refractivity contribution in [1.82, 2.24) is 14.9 Å². The molecule has 5 N–H and O–H groups in total. The van der Waals surface area contributed by atoms with Crippen LogP contribution in [-0.2, 0) is 11.3 Å². The SMILES string of the molecule is C.NC(=O)C1(N)CCN(C(=O)c2ccc(Nc3ncc4c(n3)-c3ccc(Cl)cc3C(c3c(F)cccc3F)=NC4)cc2Cl)C1. The average Bonchev–Trinajstić information content (AvgIpc) is 3.31. The van der Waals surface area contributed by atoms with Crippen LogP contribution in [0.4, 0.5) is 20.4 Å². The Balaban J connectivity index is 0.00000384. The Morgan fingerprint density at radius 3 is 2.45 bits per heavy atom. The van der Waals surface area contributed by atoms with Gasteiger partial charge in [0.1, 0.15) is 17.2 Å². The third kappa shape index (κ3) is 5.61. The maximum atomic E-state index is 14.8. The number of rotatable bonds is 5. The summed E-state index contributed by atoms with van der Waals surface area (Å²) in [6, 6.07) is 13.4. The number of halogens is 4. The van der Waals surface area contributed by atoms with Crippen molar-refractivity contribution in [2.45, 2.75) is 25.9 Å². The second-order valence-corrected chi connectivity index (χ2v) is 11.2. The number of hydrogen-bond donors (Lipinski definition) is 3. The molecule has 1 saturated heterocycles. The molecule has 1 fully saturated rings. The number of nitrogens with one attached hydrogen (secondary N) is 1. The monoisotopic (exact) mass is 637 g/mol. The molecule has 44 heavy (non-hydrogen) atoms. The van der Waals surface area contributed by atoms with E-state index in [2.05, 4.69) is 15.3 Å². The van der Waals surface area contributed by atoms with E-state index < -0.39 is 23.1 Å². The van der Waals surface area contributed by atoms with Gasteiger partial charge in [0.25, 0.3) is 5.91 Å². The third-order valence-electron chi connectivity index (χ3n) is 7.50. The van der Waals surface area contributed by atoms with Crippen LogP contribution in [0.2, 0.25) is 10.0 Å². The lowest BCUT2D eigenvalue weighted by atomic mass is 9.95. The molecule has 3 aromatic carbocycles. The fourth-order valence-electron chi connectivity index (χ4n) is 5.20. The Labute approximate surface area is 261 Å². The summed E-state index contributed by atoms with van der Waals surface area (Å²) >= 11 is 12.8. The van der Waals surface area contributed by atoms with Crippen LogP contribution in [0.15, 0.2) is 65.8 Å². The number of aromatic nitrogens is 2. The van der Waals surface area contributed by atoms with Gasteiger partial charge in [0, 0.05) is 46.7 Å². The molecule has 4 aromatic rings. The molecule has 1 unspecified atom stereocenters. The molecular formula is C31H27Cl2F2N7O2. The zero-order valence-corrected chi connectivity index (χ0v) is 23.9. The van der Waals surface area contributed by atoms with Gasteiger partial charge in [-0.15, -0.1) is 0 Å². The van der Waals surface area contributed by atoms with Gasteiger partial charge in [0.05, 0.1) is 34.1 Å². The van der Waals surface area contributed by atoms with E-state index in [1.165, 1.54) is 23.1 Å². The van der Waals surface area contributed by atoms with Crippen molar-refractivity contribution in [3.8, 4) is 11.3 Å². The van der Waals surface area contributed by atoms with Crippen LogP contribution in [0.25, 0.3) is 11.3 Å². The fraction of sp³-hybridized carbons (Fsp3) is 0.194. The summed E-state index contributed by atoms with van der Waals surface area (Å²) in [5, 5.41) is 3.62. The molecule has 0 spiro atoms. The highest BCUT2D eigenvalue weighted by atomic mass is 35.5. The maximum absolute atomic E-state index is 14.8. The van der Waals surface area contributed by atoms with E-state index in [-0.39, 0.29) is 67.2 Å². The van der Waals surface area contributed by atoms with E-state index in [1.807, 2.05) is 0 Å². The number of primary amides is 1. The largest absolute Gasteiger partial charge is 0.368 e. The first-order valence-corrected chi connectivity index (χ1v) is 13.9. The van der Waals surface area contributed by atoms with Crippen molar-refractivity contribution in [3.05, 3.63) is 105 Å². The Morgan fingerprint density at radius 1 is 1.02 bits per heavy atom. The second kappa shape index (κ2) is 11.9. The van der Waals surface area contributed by atoms with E-state index in [4.69, 9.17) is 39.7 Å². The van der Waals surface area contributed by atoms with Gasteiger partial charge in [-0.25, -0.2) is 18.7 Å². The van der Waals surface area contributed by atoms with Crippen LogP contribution >= 0.6 is 23.2 Å². The van der Waals surface area contributed by atoms with Gasteiger partial charge >= 0.3 is 0 Å². The van der Waals surface area contributed by atoms with Gasteiger partial charge in [-0.3, -0.25) is 14.6 Å². The number of fused-ring (bicyclic) bond motifs is 3. The van der Waals surface area contributed by atoms with Gasteiger partial charge in [-0.05, 0) is 48.9 Å². The molecular weight excluding hydrogens is 611 g/mol. The van der Waals surface area contributed by atoms with Crippen LogP contribution in [0.5, 0.6) is 0 Å². The Kier molecular flexibility index (Phi) is 8.39. The molecule has 226 valence electrons. The first kappa shape index (κ1) is 31.0. The third-order valence-corrected chi connectivity index (χ3v) is 8.05. The molecule has 0 saturated carbocycles. The maximum Gasteiger partial charge on any atom is 0.255 e. The molecule has 2 aliphatic rings. The van der Waals surface area contributed by atoms with Crippen molar-refractivity contribution in [2.24, 2.45) is 16.5 Å². The first-order valence-electron chi connectivity index (χ1n) is 13.1. The Bertz CT molecular complexity index is 1830. The minimum Gasteiger partial charge on any atom is -0.368 e. The zero-order chi connectivity index (χ0) is 30.5. The molecule has 0 bridgehead atoms. The highest BCUT2D eigenvalue weighted by molar-refractivity contribution is 6.34. The van der Waals surface area contributed by atoms with Crippen LogP contribution in [0.1, 0.15) is 40.9 Å². The lowest BCUT2D eigenvalue weighted by molar-refractivity contribution is -0.122. The average molecular weight is 639 g/mol. The number of hydrogen-bond acceptors (Lipinski definition) is 7. The van der Waals surface area contributed by atoms with Gasteiger partial charge in [0.15, 0.2) is 0 Å². The molecule has 1 aromatic heterocycles. The summed E-state index contributed by atoms with van der Waals surface area (Å²) in [5.41, 5.74) is 12.9. The van der Waals surface area contributed by atoms with E-state index in [9.17, 15) is 18.4 Å². The molecule has 3 heterocycles. The summed E-state index contributed by atoms with van der Waals surface area (Å²) in [6.45, 7) is 0.353. The van der Waals surface area contributed by atoms with Crippen LogP contribution in [0, 0.1) is 11.6 Å². The van der Waals surface area contributed by atoms with Crippen molar-refractivity contribution in [2.75, 3.05) is 18.4 Å². The predicted octanol–water partition coefficient (Wildman–Crippen LogP) is 5.49. The Morgan fingerprint density at radius 2 is 1.77 bits per heavy atom. The van der Waals surface area contributed by atoms with E-state index in [0.717, 1.165) is 0 Å². The molecule has 0 aliphatic carbocycles. The van der Waals surface area contributed by atoms with Crippen molar-refractivity contribution < 1.29 is 18.4 Å². The number of aliphatic imine (C=N–C) groups is 1. The number of nitrogens with zero attached hydrogens (tertiary/aromatic N) is 4. The van der Waals surface area contributed by atoms with Crippen molar-refractivity contribution in [3.63, 3.8) is 0 Å². The van der Waals surface area contributed by atoms with Gasteiger partial charge in [-0.1, -0.05) is 42.8 Å². The standard InChI is InChI=1S/C30H23Cl2F2N7O2.CH4/c31-16-4-6-18-20(10-16)26(24-22(33)2-1-3-23(24)34)37-12-15-13-38-29(40-25(15)18)39-17-5-7-19(21(32)11-17)27(42)41-9-8-30(36,14-41)28(35)43;/h1-7,10-11,13H,8-9,12,14,36H2,(H2,35,43)(H,38,39,40);1H4. The number of carbonyl (C=O) groups excluding carboxylic acids is 2. The number of carbonyl (C=O) groups is 2. The summed E-state index contributed by atoms with van der Waals surface area (Å²) in [6.07, 6.45) is 1.84. The first-order chi connectivity index (χ1) is 20.5. The molecule has 2 aliphatic heterocycles. The van der Waals surface area contributed by atoms with E-state index >= 15 is 0 Å². The van der Waals surface area contributed by atoms with Crippen LogP contribution < -0.4 is 16.8 Å². The molecule has 1 atom stereocenters. The molecule has 2 amide bonds. The zero-order valence-electron chi connectivity index (χ0n) is 22.4. The van der Waals surface area contributed by atoms with Crippen LogP contribution in [-0.4, -0.2) is 51.0 Å². The van der Waals surface area contributed by atoms with Crippen LogP contribution in [0.3, 0.4) is 0 Å². The van der Waals surface area contributed by atoms with Gasteiger partial charge in [-0.2, -0.15) is 0 Å². The number of likely N-dealkylation sites (tertiary alicyclic amines) is 1. The number of benzene rings is 3. The smallest absolute Gasteiger partial charge is 0.255 e. The van der Waals surface area contributed by atoms with E-state index in [0.29, 0.717) is 33.1 Å². The lowest BCUT2D eigenvalue weighted by Gasteiger charge is -2.21. The number of amides is 2. The number of nitrogens with two attached hydrogens (primary N) is 2. The summed E-state index contributed by atoms with van der Waals surface area (Å²) in [5.74, 6) is -2.32. The Hall–Kier alpha value is -4.45. The summed E-state index contributed by atoms with van der Waals surface area (Å²) in [4.78, 5) is 39.8. The fourth-order valence-corrected chi connectivity index (χ4v) is 5.63.